The van der Waals surface area contributed by atoms with Gasteiger partial charge in [0.15, 0.2) is 0 Å². The van der Waals surface area contributed by atoms with Crippen LogP contribution in [0.1, 0.15) is 64.7 Å². The SMILES string of the molecule is CCCCCCCCCCOCCOCCOCCOCCOCCOCCOCCOCCOCCOCCOCCOCCC(=O)O. The number of hydrogen-bond acceptors (Lipinski definition) is 13. The third kappa shape index (κ3) is 47.0. The molecule has 0 unspecified atom stereocenters. The summed E-state index contributed by atoms with van der Waals surface area (Å²) >= 11 is 0. The van der Waals surface area contributed by atoms with Crippen molar-refractivity contribution in [3.05, 3.63) is 0 Å². The van der Waals surface area contributed by atoms with Crippen molar-refractivity contribution in [2.24, 2.45) is 0 Å². The molecule has 0 rings (SSSR count). The van der Waals surface area contributed by atoms with Gasteiger partial charge in [0.25, 0.3) is 0 Å². The van der Waals surface area contributed by atoms with Gasteiger partial charge in [0.05, 0.1) is 158 Å². The molecule has 14 heteroatoms. The lowest BCUT2D eigenvalue weighted by atomic mass is 10.1. The van der Waals surface area contributed by atoms with Gasteiger partial charge in [-0.25, -0.2) is 0 Å². The average molecular weight is 715 g/mol. The molecule has 0 aliphatic rings. The van der Waals surface area contributed by atoms with Crippen molar-refractivity contribution >= 4 is 5.97 Å². The Morgan fingerprint density at radius 2 is 0.510 bits per heavy atom. The van der Waals surface area contributed by atoms with Crippen LogP contribution in [0.25, 0.3) is 0 Å². The molecule has 0 saturated carbocycles. The minimum atomic E-state index is -0.872. The van der Waals surface area contributed by atoms with Crippen molar-refractivity contribution in [3.8, 4) is 0 Å². The molecule has 0 radical (unpaired) electrons. The van der Waals surface area contributed by atoms with Crippen LogP contribution in [0.3, 0.4) is 0 Å². The van der Waals surface area contributed by atoms with Crippen molar-refractivity contribution in [1.29, 1.82) is 0 Å². The second-order valence-electron chi connectivity index (χ2n) is 11.0. The van der Waals surface area contributed by atoms with E-state index in [0.717, 1.165) is 13.0 Å². The Kier molecular flexibility index (Phi) is 44.1. The van der Waals surface area contributed by atoms with Gasteiger partial charge in [-0.1, -0.05) is 51.9 Å². The smallest absolute Gasteiger partial charge is 0.305 e. The second-order valence-corrected chi connectivity index (χ2v) is 11.0. The standard InChI is InChI=1S/C35H70O14/c1-2-3-4-5-6-7-8-9-11-38-13-15-40-17-19-42-21-23-44-25-27-46-29-31-48-33-34-49-32-30-47-28-26-45-24-22-43-20-18-41-16-14-39-12-10-35(36)37/h2-34H2,1H3,(H,36,37). The van der Waals surface area contributed by atoms with E-state index in [1.54, 1.807) is 0 Å². The zero-order chi connectivity index (χ0) is 35.4. The summed E-state index contributed by atoms with van der Waals surface area (Å²) in [5.74, 6) is -0.872. The zero-order valence-corrected chi connectivity index (χ0v) is 30.6. The molecular weight excluding hydrogens is 644 g/mol. The van der Waals surface area contributed by atoms with Gasteiger partial charge < -0.3 is 61.9 Å². The third-order valence-corrected chi connectivity index (χ3v) is 6.69. The molecule has 0 heterocycles. The Bertz CT molecular complexity index is 617. The van der Waals surface area contributed by atoms with Crippen LogP contribution in [0, 0.1) is 0 Å². The summed E-state index contributed by atoms with van der Waals surface area (Å²) in [7, 11) is 0. The van der Waals surface area contributed by atoms with E-state index in [4.69, 9.17) is 61.9 Å². The van der Waals surface area contributed by atoms with Crippen LogP contribution in [0.15, 0.2) is 0 Å². The molecule has 1 N–H and O–H groups in total. The monoisotopic (exact) mass is 714 g/mol. The summed E-state index contributed by atoms with van der Waals surface area (Å²) in [6.45, 7) is 14.4. The van der Waals surface area contributed by atoms with Crippen LogP contribution >= 0.6 is 0 Å². The van der Waals surface area contributed by atoms with E-state index in [1.807, 2.05) is 0 Å². The molecule has 0 aromatic heterocycles. The molecule has 0 fully saturated rings. The van der Waals surface area contributed by atoms with Crippen LogP contribution in [-0.4, -0.2) is 170 Å². The van der Waals surface area contributed by atoms with Crippen LogP contribution in [0.4, 0.5) is 0 Å². The minimum absolute atomic E-state index is 0.000787. The molecule has 0 bridgehead atoms. The Hall–Kier alpha value is -1.01. The first-order chi connectivity index (χ1) is 24.3. The molecule has 49 heavy (non-hydrogen) atoms. The average Bonchev–Trinajstić information content (AvgIpc) is 3.10. The fraction of sp³-hybridized carbons (Fsp3) is 0.971. The number of carboxylic acids is 1. The molecule has 14 nitrogen and oxygen atoms in total. The van der Waals surface area contributed by atoms with Gasteiger partial charge >= 0.3 is 5.97 Å². The van der Waals surface area contributed by atoms with Crippen molar-refractivity contribution in [1.82, 2.24) is 0 Å². The van der Waals surface area contributed by atoms with Crippen molar-refractivity contribution in [2.75, 3.05) is 159 Å². The van der Waals surface area contributed by atoms with E-state index >= 15 is 0 Å². The molecule has 0 aromatic rings. The van der Waals surface area contributed by atoms with Gasteiger partial charge in [-0.05, 0) is 6.42 Å². The molecule has 0 aliphatic heterocycles. The van der Waals surface area contributed by atoms with E-state index < -0.39 is 5.97 Å². The molecule has 0 amide bonds. The molecule has 0 atom stereocenters. The lowest BCUT2D eigenvalue weighted by Crippen LogP contribution is -2.15. The minimum Gasteiger partial charge on any atom is -0.481 e. The van der Waals surface area contributed by atoms with Crippen LogP contribution < -0.4 is 0 Å². The molecule has 294 valence electrons. The van der Waals surface area contributed by atoms with E-state index in [2.05, 4.69) is 6.92 Å². The largest absolute Gasteiger partial charge is 0.481 e. The van der Waals surface area contributed by atoms with Crippen molar-refractivity contribution in [2.45, 2.75) is 64.7 Å². The van der Waals surface area contributed by atoms with Gasteiger partial charge in [-0.2, -0.15) is 0 Å². The van der Waals surface area contributed by atoms with E-state index in [1.165, 1.54) is 44.9 Å². The lowest BCUT2D eigenvalue weighted by Gasteiger charge is -2.09. The maximum absolute atomic E-state index is 10.3. The predicted octanol–water partition coefficient (Wildman–Crippen LogP) is 3.80. The van der Waals surface area contributed by atoms with Gasteiger partial charge in [0.1, 0.15) is 0 Å². The normalized spacial score (nSPS) is 11.5. The highest BCUT2D eigenvalue weighted by Crippen LogP contribution is 2.08. The number of aliphatic carboxylic acids is 1. The van der Waals surface area contributed by atoms with Gasteiger partial charge in [0.2, 0.25) is 0 Å². The number of hydrogen-bond donors (Lipinski definition) is 1. The first-order valence-corrected chi connectivity index (χ1v) is 18.4. The molecular formula is C35H70O14. The van der Waals surface area contributed by atoms with Crippen LogP contribution in [0.5, 0.6) is 0 Å². The van der Waals surface area contributed by atoms with E-state index in [-0.39, 0.29) is 13.0 Å². The Labute approximate surface area is 295 Å². The summed E-state index contributed by atoms with van der Waals surface area (Å²) in [5, 5.41) is 8.49. The maximum Gasteiger partial charge on any atom is 0.305 e. The van der Waals surface area contributed by atoms with Crippen molar-refractivity contribution in [3.63, 3.8) is 0 Å². The molecule has 0 aromatic carbocycles. The van der Waals surface area contributed by atoms with E-state index in [0.29, 0.717) is 145 Å². The predicted molar refractivity (Wildman–Crippen MR) is 185 cm³/mol. The summed E-state index contributed by atoms with van der Waals surface area (Å²) in [6.07, 6.45) is 10.5. The van der Waals surface area contributed by atoms with Crippen molar-refractivity contribution < 1.29 is 66.7 Å². The molecule has 0 saturated heterocycles. The number of carboxylic acid groups (broad SMARTS) is 1. The first-order valence-electron chi connectivity index (χ1n) is 18.4. The first kappa shape index (κ1) is 48.0. The van der Waals surface area contributed by atoms with E-state index in [9.17, 15) is 4.79 Å². The Morgan fingerprint density at radius 3 is 0.755 bits per heavy atom. The zero-order valence-electron chi connectivity index (χ0n) is 30.6. The van der Waals surface area contributed by atoms with Crippen LogP contribution in [0.2, 0.25) is 0 Å². The van der Waals surface area contributed by atoms with Gasteiger partial charge in [-0.3, -0.25) is 4.79 Å². The summed E-state index contributed by atoms with van der Waals surface area (Å²) in [5.41, 5.74) is 0. The maximum atomic E-state index is 10.3. The Morgan fingerprint density at radius 1 is 0.306 bits per heavy atom. The fourth-order valence-electron chi connectivity index (χ4n) is 4.02. The fourth-order valence-corrected chi connectivity index (χ4v) is 4.02. The second kappa shape index (κ2) is 45.0. The summed E-state index contributed by atoms with van der Waals surface area (Å²) < 4.78 is 65.3. The summed E-state index contributed by atoms with van der Waals surface area (Å²) in [4.78, 5) is 10.3. The topological polar surface area (TPSA) is 148 Å². The quantitative estimate of drug-likeness (QED) is 0.0912. The number of unbranched alkanes of at least 4 members (excludes halogenated alkanes) is 7. The number of carbonyl (C=O) groups is 1. The van der Waals surface area contributed by atoms with Crippen LogP contribution in [-0.2, 0) is 61.6 Å². The Balaban J connectivity index is 3.05. The third-order valence-electron chi connectivity index (χ3n) is 6.69. The molecule has 0 spiro atoms. The number of ether oxygens (including phenoxy) is 12. The molecule has 0 aliphatic carbocycles. The van der Waals surface area contributed by atoms with Gasteiger partial charge in [-0.15, -0.1) is 0 Å². The highest BCUT2D eigenvalue weighted by atomic mass is 16.6. The summed E-state index contributed by atoms with van der Waals surface area (Å²) in [6, 6.07) is 0. The van der Waals surface area contributed by atoms with Gasteiger partial charge in [0, 0.05) is 6.61 Å². The highest BCUT2D eigenvalue weighted by molar-refractivity contribution is 5.66. The highest BCUT2D eigenvalue weighted by Gasteiger charge is 1.98. The number of rotatable bonds is 45. The lowest BCUT2D eigenvalue weighted by molar-refractivity contribution is -0.138.